The van der Waals surface area contributed by atoms with Gasteiger partial charge in [-0.3, -0.25) is 9.59 Å². The van der Waals surface area contributed by atoms with E-state index < -0.39 is 30.6 Å². The molecule has 0 spiro atoms. The van der Waals surface area contributed by atoms with Crippen LogP contribution >= 0.6 is 0 Å². The number of aliphatic hydroxyl groups excluding tert-OH is 3. The minimum absolute atomic E-state index is 0.0355. The molecule has 5 N–H and O–H groups in total. The summed E-state index contributed by atoms with van der Waals surface area (Å²) in [5.74, 6) is -1.84. The second-order valence-corrected chi connectivity index (χ2v) is 4.19. The van der Waals surface area contributed by atoms with Crippen molar-refractivity contribution in [3.8, 4) is 0 Å². The number of benzene rings is 1. The van der Waals surface area contributed by atoms with Crippen LogP contribution in [0.1, 0.15) is 28.4 Å². The average molecular weight is 283 g/mol. The molecule has 0 saturated heterocycles. The Kier molecular flexibility index (Phi) is 6.10. The minimum atomic E-state index is -1.34. The molecule has 110 valence electrons. The Morgan fingerprint density at radius 2 is 1.85 bits per heavy atom. The number of carboxylic acids is 1. The zero-order chi connectivity index (χ0) is 15.1. The van der Waals surface area contributed by atoms with E-state index in [9.17, 15) is 19.8 Å². The highest BCUT2D eigenvalue weighted by Gasteiger charge is 2.23. The van der Waals surface area contributed by atoms with E-state index in [1.807, 2.05) is 0 Å². The molecule has 0 aliphatic carbocycles. The van der Waals surface area contributed by atoms with Gasteiger partial charge < -0.3 is 25.7 Å². The first-order chi connectivity index (χ1) is 9.47. The van der Waals surface area contributed by atoms with Crippen LogP contribution in [0.3, 0.4) is 0 Å². The Morgan fingerprint density at radius 3 is 2.45 bits per heavy atom. The molecule has 1 rings (SSSR count). The van der Waals surface area contributed by atoms with E-state index in [0.29, 0.717) is 0 Å². The van der Waals surface area contributed by atoms with Gasteiger partial charge in [0.1, 0.15) is 12.6 Å². The molecule has 2 atom stereocenters. The van der Waals surface area contributed by atoms with Crippen molar-refractivity contribution in [3.63, 3.8) is 0 Å². The number of carbonyl (C=O) groups is 2. The first-order valence-corrected chi connectivity index (χ1v) is 6.03. The molecule has 0 heterocycles. The lowest BCUT2D eigenvalue weighted by atomic mass is 9.97. The van der Waals surface area contributed by atoms with E-state index in [1.54, 1.807) is 12.1 Å². The van der Waals surface area contributed by atoms with Crippen molar-refractivity contribution in [1.29, 1.82) is 0 Å². The van der Waals surface area contributed by atoms with Gasteiger partial charge in [-0.05, 0) is 18.1 Å². The van der Waals surface area contributed by atoms with Crippen LogP contribution in [0.4, 0.5) is 0 Å². The second-order valence-electron chi connectivity index (χ2n) is 4.19. The SMILES string of the molecule is O=C(O)CNC(=O)c1ccccc1C(O)C(O)CCO. The van der Waals surface area contributed by atoms with Crippen molar-refractivity contribution in [2.75, 3.05) is 13.2 Å². The summed E-state index contributed by atoms with van der Waals surface area (Å²) < 4.78 is 0. The van der Waals surface area contributed by atoms with Gasteiger partial charge in [-0.1, -0.05) is 18.2 Å². The zero-order valence-corrected chi connectivity index (χ0v) is 10.7. The molecular formula is C13H17NO6. The van der Waals surface area contributed by atoms with Gasteiger partial charge in [-0.25, -0.2) is 0 Å². The Hall–Kier alpha value is -1.96. The van der Waals surface area contributed by atoms with Gasteiger partial charge in [0.2, 0.25) is 0 Å². The fourth-order valence-electron chi connectivity index (χ4n) is 1.71. The summed E-state index contributed by atoms with van der Waals surface area (Å²) in [5, 5.41) is 39.1. The summed E-state index contributed by atoms with van der Waals surface area (Å²) in [6, 6.07) is 6.02. The summed E-state index contributed by atoms with van der Waals surface area (Å²) in [6.45, 7) is -0.839. The highest BCUT2D eigenvalue weighted by atomic mass is 16.4. The lowest BCUT2D eigenvalue weighted by Crippen LogP contribution is -2.31. The number of aliphatic hydroxyl groups is 3. The van der Waals surface area contributed by atoms with Crippen LogP contribution in [-0.4, -0.2) is 51.6 Å². The smallest absolute Gasteiger partial charge is 0.322 e. The number of nitrogens with one attached hydrogen (secondary N) is 1. The standard InChI is InChI=1S/C13H17NO6/c15-6-5-10(16)12(19)8-3-1-2-4-9(8)13(20)14-7-11(17)18/h1-4,10,12,15-16,19H,5-7H2,(H,14,20)(H,17,18). The van der Waals surface area contributed by atoms with E-state index in [4.69, 9.17) is 10.2 Å². The lowest BCUT2D eigenvalue weighted by Gasteiger charge is -2.19. The van der Waals surface area contributed by atoms with Crippen molar-refractivity contribution in [1.82, 2.24) is 5.32 Å². The maximum Gasteiger partial charge on any atom is 0.322 e. The molecule has 0 aromatic heterocycles. The molecule has 7 heteroatoms. The predicted octanol–water partition coefficient (Wildman–Crippen LogP) is -0.722. The maximum atomic E-state index is 11.8. The minimum Gasteiger partial charge on any atom is -0.480 e. The van der Waals surface area contributed by atoms with Crippen molar-refractivity contribution < 1.29 is 30.0 Å². The summed E-state index contributed by atoms with van der Waals surface area (Å²) in [4.78, 5) is 22.3. The third-order valence-electron chi connectivity index (χ3n) is 2.71. The van der Waals surface area contributed by atoms with E-state index in [0.717, 1.165) is 0 Å². The molecular weight excluding hydrogens is 266 g/mol. The number of hydrogen-bond acceptors (Lipinski definition) is 5. The van der Waals surface area contributed by atoms with Crippen molar-refractivity contribution >= 4 is 11.9 Å². The molecule has 0 saturated carbocycles. The third-order valence-corrected chi connectivity index (χ3v) is 2.71. The van der Waals surface area contributed by atoms with E-state index in [2.05, 4.69) is 5.32 Å². The number of carbonyl (C=O) groups excluding carboxylic acids is 1. The first-order valence-electron chi connectivity index (χ1n) is 6.03. The Bertz CT molecular complexity index is 476. The fourth-order valence-corrected chi connectivity index (χ4v) is 1.71. The molecule has 0 aliphatic rings. The number of amides is 1. The number of hydrogen-bond donors (Lipinski definition) is 5. The zero-order valence-electron chi connectivity index (χ0n) is 10.7. The van der Waals surface area contributed by atoms with Gasteiger partial charge in [-0.2, -0.15) is 0 Å². The van der Waals surface area contributed by atoms with Gasteiger partial charge in [-0.15, -0.1) is 0 Å². The monoisotopic (exact) mass is 283 g/mol. The molecule has 0 bridgehead atoms. The van der Waals surface area contributed by atoms with Crippen LogP contribution in [0, 0.1) is 0 Å². The predicted molar refractivity (Wildman–Crippen MR) is 69.1 cm³/mol. The van der Waals surface area contributed by atoms with Gasteiger partial charge in [0.05, 0.1) is 6.10 Å². The quantitative estimate of drug-likeness (QED) is 0.449. The molecule has 1 aromatic rings. The van der Waals surface area contributed by atoms with Crippen LogP contribution in [0.15, 0.2) is 24.3 Å². The first kappa shape index (κ1) is 16.1. The van der Waals surface area contributed by atoms with Crippen molar-refractivity contribution in [3.05, 3.63) is 35.4 Å². The highest BCUT2D eigenvalue weighted by Crippen LogP contribution is 2.22. The molecule has 20 heavy (non-hydrogen) atoms. The number of carboxylic acid groups (broad SMARTS) is 1. The van der Waals surface area contributed by atoms with Gasteiger partial charge in [0.15, 0.2) is 0 Å². The summed E-state index contributed by atoms with van der Waals surface area (Å²) >= 11 is 0. The van der Waals surface area contributed by atoms with Gasteiger partial charge in [0.25, 0.3) is 5.91 Å². The molecule has 0 aliphatic heterocycles. The van der Waals surface area contributed by atoms with E-state index in [-0.39, 0.29) is 24.2 Å². The molecule has 1 amide bonds. The lowest BCUT2D eigenvalue weighted by molar-refractivity contribution is -0.135. The van der Waals surface area contributed by atoms with Crippen molar-refractivity contribution in [2.45, 2.75) is 18.6 Å². The van der Waals surface area contributed by atoms with E-state index >= 15 is 0 Å². The number of aliphatic carboxylic acids is 1. The highest BCUT2D eigenvalue weighted by molar-refractivity contribution is 5.97. The van der Waals surface area contributed by atoms with Crippen LogP contribution in [0.2, 0.25) is 0 Å². The fraction of sp³-hybridized carbons (Fsp3) is 0.385. The molecule has 0 fully saturated rings. The average Bonchev–Trinajstić information content (AvgIpc) is 2.44. The molecule has 1 aromatic carbocycles. The largest absolute Gasteiger partial charge is 0.480 e. The molecule has 0 radical (unpaired) electrons. The second kappa shape index (κ2) is 7.59. The molecule has 2 unspecified atom stereocenters. The Labute approximate surface area is 115 Å². The van der Waals surface area contributed by atoms with Crippen LogP contribution in [0.5, 0.6) is 0 Å². The molecule has 7 nitrogen and oxygen atoms in total. The normalized spacial score (nSPS) is 13.6. The summed E-state index contributed by atoms with van der Waals surface area (Å²) in [5.41, 5.74) is 0.259. The number of rotatable bonds is 7. The Balaban J connectivity index is 2.92. The van der Waals surface area contributed by atoms with Crippen LogP contribution < -0.4 is 5.32 Å². The third kappa shape index (κ3) is 4.30. The topological polar surface area (TPSA) is 127 Å². The van der Waals surface area contributed by atoms with Gasteiger partial charge >= 0.3 is 5.97 Å². The maximum absolute atomic E-state index is 11.8. The van der Waals surface area contributed by atoms with Crippen LogP contribution in [0.25, 0.3) is 0 Å². The summed E-state index contributed by atoms with van der Waals surface area (Å²) in [7, 11) is 0. The Morgan fingerprint density at radius 1 is 1.20 bits per heavy atom. The van der Waals surface area contributed by atoms with Crippen molar-refractivity contribution in [2.24, 2.45) is 0 Å². The van der Waals surface area contributed by atoms with Crippen LogP contribution in [-0.2, 0) is 4.79 Å². The van der Waals surface area contributed by atoms with E-state index in [1.165, 1.54) is 12.1 Å². The summed E-state index contributed by atoms with van der Waals surface area (Å²) in [6.07, 6.45) is -2.59. The van der Waals surface area contributed by atoms with Gasteiger partial charge in [0, 0.05) is 12.2 Å².